The fraction of sp³-hybridized carbons (Fsp3) is 0.480. The number of benzene rings is 2. The van der Waals surface area contributed by atoms with Gasteiger partial charge in [0.1, 0.15) is 11.0 Å². The summed E-state index contributed by atoms with van der Waals surface area (Å²) in [5.74, 6) is 0. The Bertz CT molecular complexity index is 976. The number of primary amides is 1. The van der Waals surface area contributed by atoms with Crippen molar-refractivity contribution in [2.75, 3.05) is 39.5 Å². The number of likely N-dealkylation sites (N-methyl/N-ethyl adjacent to an activating group) is 2. The summed E-state index contributed by atoms with van der Waals surface area (Å²) in [6, 6.07) is 9.53. The number of carbonyl (C=O) groups excluding carboxylic acids is 1. The van der Waals surface area contributed by atoms with Gasteiger partial charge in [0, 0.05) is 25.3 Å². The average Bonchev–Trinajstić information content (AvgIpc) is 3.42. The van der Waals surface area contributed by atoms with Crippen LogP contribution in [0.15, 0.2) is 35.2 Å². The number of aryl methyl sites for hydroxylation is 2. The highest BCUT2D eigenvalue weighted by Gasteiger charge is 2.24. The third kappa shape index (κ3) is 7.11. The number of nitrogens with two attached hydrogens (primary N) is 2. The number of carbonyl (C=O) groups is 1. The monoisotopic (exact) mass is 471 g/mol. The lowest BCUT2D eigenvalue weighted by Crippen LogP contribution is -2.28. The van der Waals surface area contributed by atoms with Gasteiger partial charge in [-0.1, -0.05) is 18.2 Å². The van der Waals surface area contributed by atoms with Crippen LogP contribution in [0.5, 0.6) is 0 Å². The predicted octanol–water partition coefficient (Wildman–Crippen LogP) is 2.82. The Hall–Kier alpha value is -2.26. The summed E-state index contributed by atoms with van der Waals surface area (Å²) < 4.78 is 11.2. The van der Waals surface area contributed by atoms with Crippen LogP contribution in [0.1, 0.15) is 40.7 Å². The molecule has 2 amide bonds. The summed E-state index contributed by atoms with van der Waals surface area (Å²) in [7, 11) is 4.81. The van der Waals surface area contributed by atoms with Crippen molar-refractivity contribution >= 4 is 22.7 Å². The Morgan fingerprint density at radius 3 is 2.18 bits per heavy atom. The van der Waals surface area contributed by atoms with E-state index in [9.17, 15) is 9.00 Å². The Morgan fingerprint density at radius 2 is 1.64 bits per heavy atom. The molecule has 1 unspecified atom stereocenters. The predicted molar refractivity (Wildman–Crippen MR) is 136 cm³/mol. The number of hydrogen-bond acceptors (Lipinski definition) is 4. The molecule has 0 radical (unpaired) electrons. The lowest BCUT2D eigenvalue weighted by molar-refractivity contribution is 0.259. The first-order valence-corrected chi connectivity index (χ1v) is 12.8. The summed E-state index contributed by atoms with van der Waals surface area (Å²) in [5.41, 5.74) is 12.9. The van der Waals surface area contributed by atoms with Gasteiger partial charge in [0.2, 0.25) is 0 Å². The third-order valence-corrected chi connectivity index (χ3v) is 6.95. The quantitative estimate of drug-likeness (QED) is 0.577. The second-order valence-electron chi connectivity index (χ2n) is 9.21. The molecule has 180 valence electrons. The molecule has 0 bridgehead atoms. The van der Waals surface area contributed by atoms with Gasteiger partial charge in [-0.05, 0) is 99.6 Å². The summed E-state index contributed by atoms with van der Waals surface area (Å²) in [4.78, 5) is 16.2. The Kier molecular flexibility index (Phi) is 9.02. The van der Waals surface area contributed by atoms with E-state index in [0.29, 0.717) is 4.90 Å². The van der Waals surface area contributed by atoms with Crippen molar-refractivity contribution in [3.63, 3.8) is 0 Å². The molecule has 2 aromatic rings. The van der Waals surface area contributed by atoms with Crippen molar-refractivity contribution in [1.82, 2.24) is 9.80 Å². The molecule has 1 atom stereocenters. The van der Waals surface area contributed by atoms with Crippen LogP contribution in [0.25, 0.3) is 0 Å². The molecule has 7 nitrogen and oxygen atoms in total. The third-order valence-electron chi connectivity index (χ3n) is 6.23. The zero-order valence-corrected chi connectivity index (χ0v) is 20.8. The van der Waals surface area contributed by atoms with E-state index in [0.717, 1.165) is 56.6 Å². The van der Waals surface area contributed by atoms with E-state index in [4.69, 9.17) is 10.9 Å². The first kappa shape index (κ1) is 25.4. The van der Waals surface area contributed by atoms with Gasteiger partial charge in [0.25, 0.3) is 0 Å². The normalized spacial score (nSPS) is 15.1. The molecule has 0 fully saturated rings. The molecule has 0 heterocycles. The Morgan fingerprint density at radius 1 is 1.00 bits per heavy atom. The van der Waals surface area contributed by atoms with Gasteiger partial charge >= 0.3 is 6.03 Å². The van der Waals surface area contributed by atoms with E-state index in [2.05, 4.69) is 42.3 Å². The molecule has 2 aliphatic rings. The largest absolute Gasteiger partial charge is 0.351 e. The van der Waals surface area contributed by atoms with Gasteiger partial charge in [-0.25, -0.2) is 14.1 Å². The van der Waals surface area contributed by atoms with Crippen molar-refractivity contribution < 1.29 is 9.00 Å². The van der Waals surface area contributed by atoms with E-state index >= 15 is 0 Å². The highest BCUT2D eigenvalue weighted by molar-refractivity contribution is 7.82. The van der Waals surface area contributed by atoms with Gasteiger partial charge in [0.15, 0.2) is 0 Å². The van der Waals surface area contributed by atoms with E-state index in [1.165, 1.54) is 35.1 Å². The molecule has 8 heteroatoms. The maximum absolute atomic E-state index is 11.2. The lowest BCUT2D eigenvalue weighted by Gasteiger charge is -2.19. The number of hydrogen-bond donors (Lipinski definition) is 3. The summed E-state index contributed by atoms with van der Waals surface area (Å²) in [6.07, 6.45) is 6.86. The van der Waals surface area contributed by atoms with Crippen LogP contribution in [0.2, 0.25) is 0 Å². The molecule has 0 saturated heterocycles. The molecule has 5 N–H and O–H groups in total. The Labute approximate surface area is 200 Å². The minimum atomic E-state index is -1.39. The zero-order valence-electron chi connectivity index (χ0n) is 20.0. The number of rotatable bonds is 7. The Balaban J connectivity index is 0.000000186. The lowest BCUT2D eigenvalue weighted by atomic mass is 9.99. The minimum Gasteiger partial charge on any atom is -0.351 e. The van der Waals surface area contributed by atoms with Gasteiger partial charge in [0.05, 0.1) is 4.90 Å². The van der Waals surface area contributed by atoms with Crippen LogP contribution in [-0.2, 0) is 43.2 Å². The summed E-state index contributed by atoms with van der Waals surface area (Å²) in [5, 5.41) is 8.21. The maximum atomic E-state index is 11.2. The number of urea groups is 1. The number of nitrogens with zero attached hydrogens (tertiary/aromatic N) is 2. The smallest absolute Gasteiger partial charge is 0.316 e. The molecule has 2 aliphatic carbocycles. The van der Waals surface area contributed by atoms with Crippen molar-refractivity contribution in [3.8, 4) is 0 Å². The molecular formula is C25H37N5O2S. The average molecular weight is 472 g/mol. The van der Waals surface area contributed by atoms with Crippen molar-refractivity contribution in [2.24, 2.45) is 10.9 Å². The zero-order chi connectivity index (χ0) is 24.0. The van der Waals surface area contributed by atoms with Crippen LogP contribution in [0, 0.1) is 0 Å². The van der Waals surface area contributed by atoms with E-state index in [-0.39, 0.29) is 0 Å². The number of nitrogens with one attached hydrogen (secondary N) is 1. The fourth-order valence-corrected chi connectivity index (χ4v) is 5.10. The first-order chi connectivity index (χ1) is 15.7. The molecular weight excluding hydrogens is 434 g/mol. The molecule has 33 heavy (non-hydrogen) atoms. The van der Waals surface area contributed by atoms with Crippen LogP contribution >= 0.6 is 0 Å². The van der Waals surface area contributed by atoms with Gasteiger partial charge in [-0.3, -0.25) is 0 Å². The topological polar surface area (TPSA) is 105 Å². The van der Waals surface area contributed by atoms with Gasteiger partial charge in [-0.2, -0.15) is 0 Å². The fourth-order valence-electron chi connectivity index (χ4n) is 4.62. The van der Waals surface area contributed by atoms with Crippen LogP contribution in [0.3, 0.4) is 0 Å². The highest BCUT2D eigenvalue weighted by atomic mass is 32.2. The molecule has 0 aromatic heterocycles. The van der Waals surface area contributed by atoms with Crippen LogP contribution in [0.4, 0.5) is 10.5 Å². The number of amides is 2. The number of anilines is 1. The maximum Gasteiger partial charge on any atom is 0.316 e. The van der Waals surface area contributed by atoms with Crippen LogP contribution in [-0.4, -0.2) is 54.3 Å². The minimum absolute atomic E-state index is 0.436. The first-order valence-electron chi connectivity index (χ1n) is 11.6. The summed E-state index contributed by atoms with van der Waals surface area (Å²) in [6.45, 7) is 2.88. The SMILES string of the molecule is CN(C)CCN(C)Cc1cccc(S(N)=O)c1.NC(=O)Nc1c2c(cc3c1CCC3)CCC2. The van der Waals surface area contributed by atoms with E-state index in [1.807, 2.05) is 18.2 Å². The van der Waals surface area contributed by atoms with Crippen LogP contribution < -0.4 is 16.2 Å². The molecule has 4 rings (SSSR count). The molecule has 2 aromatic carbocycles. The second kappa shape index (κ2) is 11.7. The van der Waals surface area contributed by atoms with Gasteiger partial charge < -0.3 is 20.9 Å². The van der Waals surface area contributed by atoms with E-state index in [1.54, 1.807) is 6.07 Å². The second-order valence-corrected chi connectivity index (χ2v) is 10.3. The van der Waals surface area contributed by atoms with Crippen molar-refractivity contribution in [3.05, 3.63) is 58.1 Å². The van der Waals surface area contributed by atoms with E-state index < -0.39 is 17.0 Å². The molecule has 0 aliphatic heterocycles. The number of fused-ring (bicyclic) bond motifs is 2. The van der Waals surface area contributed by atoms with Crippen molar-refractivity contribution in [2.45, 2.75) is 50.0 Å². The summed E-state index contributed by atoms with van der Waals surface area (Å²) >= 11 is 0. The molecule has 0 spiro atoms. The standard InChI is InChI=1S/C13H16N2O.C12H21N3OS/c14-13(16)15-12-10-5-1-3-8(10)7-9-4-2-6-11(9)12;1-14(2)7-8-15(3)10-11-5-4-6-12(9-11)17(13)16/h7H,1-6H2,(H3,14,15,16);4-6,9H,7-8,10,13H2,1-3H3. The highest BCUT2D eigenvalue weighted by Crippen LogP contribution is 2.38. The van der Waals surface area contributed by atoms with Crippen molar-refractivity contribution in [1.29, 1.82) is 0 Å². The molecule has 0 saturated carbocycles. The van der Waals surface area contributed by atoms with Gasteiger partial charge in [-0.15, -0.1) is 0 Å².